The van der Waals surface area contributed by atoms with Crippen LogP contribution in [0.1, 0.15) is 47.4 Å². The Bertz CT molecular complexity index is 744. The van der Waals surface area contributed by atoms with Crippen molar-refractivity contribution in [3.63, 3.8) is 0 Å². The first-order valence-corrected chi connectivity index (χ1v) is 8.80. The third kappa shape index (κ3) is 5.31. The normalized spacial score (nSPS) is 10.3. The molecule has 0 atom stereocenters. The highest BCUT2D eigenvalue weighted by molar-refractivity contribution is 6.04. The minimum absolute atomic E-state index is 0.221. The molecule has 6 nitrogen and oxygen atoms in total. The molecule has 1 heterocycles. The highest BCUT2D eigenvalue weighted by Gasteiger charge is 2.11. The molecule has 138 valence electrons. The molecule has 0 unspecified atom stereocenters. The lowest BCUT2D eigenvalue weighted by atomic mass is 10.2. The van der Waals surface area contributed by atoms with Crippen LogP contribution in [0.4, 0.5) is 11.5 Å². The van der Waals surface area contributed by atoms with Gasteiger partial charge >= 0.3 is 5.97 Å². The van der Waals surface area contributed by atoms with E-state index in [4.69, 9.17) is 4.74 Å². The summed E-state index contributed by atoms with van der Waals surface area (Å²) in [7, 11) is 1.97. The standard InChI is InChI=1S/C20H25N3O3/c1-4-6-13-23(3)18-14-16(11-12-21-18)19(24)22-17-9-7-15(8-10-17)20(25)26-5-2/h7-12,14H,4-6,13H2,1-3H3,(H,22,24). The molecule has 1 aromatic carbocycles. The van der Waals surface area contributed by atoms with Crippen molar-refractivity contribution in [3.8, 4) is 0 Å². The average Bonchev–Trinajstić information content (AvgIpc) is 2.67. The van der Waals surface area contributed by atoms with E-state index >= 15 is 0 Å². The molecule has 2 aromatic rings. The minimum Gasteiger partial charge on any atom is -0.462 e. The number of ether oxygens (including phenoxy) is 1. The molecule has 6 heteroatoms. The SMILES string of the molecule is CCCCN(C)c1cc(C(=O)Nc2ccc(C(=O)OCC)cc2)ccn1. The smallest absolute Gasteiger partial charge is 0.338 e. The molecule has 1 amide bonds. The molecule has 0 bridgehead atoms. The zero-order valence-electron chi connectivity index (χ0n) is 15.5. The maximum atomic E-state index is 12.5. The van der Waals surface area contributed by atoms with E-state index in [9.17, 15) is 9.59 Å². The molecule has 1 aromatic heterocycles. The highest BCUT2D eigenvalue weighted by Crippen LogP contribution is 2.15. The van der Waals surface area contributed by atoms with Crippen LogP contribution in [0.15, 0.2) is 42.6 Å². The third-order valence-corrected chi connectivity index (χ3v) is 3.90. The van der Waals surface area contributed by atoms with Crippen LogP contribution in [0.2, 0.25) is 0 Å². The minimum atomic E-state index is -0.376. The zero-order chi connectivity index (χ0) is 18.9. The van der Waals surface area contributed by atoms with Gasteiger partial charge in [0.15, 0.2) is 0 Å². The van der Waals surface area contributed by atoms with Crippen LogP contribution in [-0.2, 0) is 4.74 Å². The molecule has 1 N–H and O–H groups in total. The van der Waals surface area contributed by atoms with Crippen LogP contribution < -0.4 is 10.2 Å². The number of hydrogen-bond acceptors (Lipinski definition) is 5. The summed E-state index contributed by atoms with van der Waals surface area (Å²) in [4.78, 5) is 30.5. The topological polar surface area (TPSA) is 71.5 Å². The molecule has 0 aliphatic rings. The monoisotopic (exact) mass is 355 g/mol. The molecule has 0 radical (unpaired) electrons. The van der Waals surface area contributed by atoms with Gasteiger partial charge in [0, 0.05) is 31.0 Å². The number of aromatic nitrogens is 1. The molecular formula is C20H25N3O3. The summed E-state index contributed by atoms with van der Waals surface area (Å²) in [6, 6.07) is 10.1. The van der Waals surface area contributed by atoms with Gasteiger partial charge in [0.05, 0.1) is 12.2 Å². The van der Waals surface area contributed by atoms with E-state index in [1.165, 1.54) is 0 Å². The molecule has 0 aliphatic carbocycles. The van der Waals surface area contributed by atoms with Gasteiger partial charge in [-0.3, -0.25) is 4.79 Å². The lowest BCUT2D eigenvalue weighted by Gasteiger charge is -2.18. The number of esters is 1. The highest BCUT2D eigenvalue weighted by atomic mass is 16.5. The molecule has 26 heavy (non-hydrogen) atoms. The summed E-state index contributed by atoms with van der Waals surface area (Å²) in [5.74, 6) is 0.171. The number of anilines is 2. The lowest BCUT2D eigenvalue weighted by Crippen LogP contribution is -2.20. The fourth-order valence-electron chi connectivity index (χ4n) is 2.39. The third-order valence-electron chi connectivity index (χ3n) is 3.90. The maximum absolute atomic E-state index is 12.5. The number of nitrogens with one attached hydrogen (secondary N) is 1. The summed E-state index contributed by atoms with van der Waals surface area (Å²) in [6.45, 7) is 5.12. The van der Waals surface area contributed by atoms with Crippen LogP contribution in [-0.4, -0.2) is 37.1 Å². The van der Waals surface area contributed by atoms with Crippen LogP contribution >= 0.6 is 0 Å². The molecular weight excluding hydrogens is 330 g/mol. The van der Waals surface area contributed by atoms with Crippen LogP contribution in [0.25, 0.3) is 0 Å². The zero-order valence-corrected chi connectivity index (χ0v) is 15.5. The predicted octanol–water partition coefficient (Wildman–Crippen LogP) is 3.75. The summed E-state index contributed by atoms with van der Waals surface area (Å²) < 4.78 is 4.94. The number of pyridine rings is 1. The van der Waals surface area contributed by atoms with Crippen molar-refractivity contribution in [2.24, 2.45) is 0 Å². The van der Waals surface area contributed by atoms with Crippen LogP contribution in [0.5, 0.6) is 0 Å². The van der Waals surface area contributed by atoms with Crippen molar-refractivity contribution in [1.29, 1.82) is 0 Å². The van der Waals surface area contributed by atoms with Crippen molar-refractivity contribution >= 4 is 23.4 Å². The number of amides is 1. The van der Waals surface area contributed by atoms with E-state index in [1.807, 2.05) is 11.9 Å². The van der Waals surface area contributed by atoms with E-state index < -0.39 is 0 Å². The molecule has 0 aliphatic heterocycles. The van der Waals surface area contributed by atoms with E-state index in [0.717, 1.165) is 25.2 Å². The molecule has 0 fully saturated rings. The van der Waals surface area contributed by atoms with E-state index in [-0.39, 0.29) is 11.9 Å². The Labute approximate surface area is 154 Å². The molecule has 0 saturated carbocycles. The summed E-state index contributed by atoms with van der Waals surface area (Å²) in [5.41, 5.74) is 1.60. The van der Waals surface area contributed by atoms with Crippen molar-refractivity contribution < 1.29 is 14.3 Å². The molecule has 2 rings (SSSR count). The van der Waals surface area contributed by atoms with Crippen LogP contribution in [0, 0.1) is 0 Å². The van der Waals surface area contributed by atoms with Crippen molar-refractivity contribution in [2.75, 3.05) is 30.4 Å². The molecule has 0 saturated heterocycles. The largest absolute Gasteiger partial charge is 0.462 e. The number of unbranched alkanes of at least 4 members (excludes halogenated alkanes) is 1. The summed E-state index contributed by atoms with van der Waals surface area (Å²) >= 11 is 0. The van der Waals surface area contributed by atoms with Crippen molar-refractivity contribution in [1.82, 2.24) is 4.98 Å². The van der Waals surface area contributed by atoms with Crippen LogP contribution in [0.3, 0.4) is 0 Å². The van der Waals surface area contributed by atoms with Gasteiger partial charge in [0.2, 0.25) is 0 Å². The van der Waals surface area contributed by atoms with Gasteiger partial charge in [-0.15, -0.1) is 0 Å². The van der Waals surface area contributed by atoms with Gasteiger partial charge in [-0.05, 0) is 49.7 Å². The van der Waals surface area contributed by atoms with Gasteiger partial charge in [-0.25, -0.2) is 9.78 Å². The first-order chi connectivity index (χ1) is 12.5. The summed E-state index contributed by atoms with van der Waals surface area (Å²) in [5, 5.41) is 2.83. The predicted molar refractivity (Wildman–Crippen MR) is 103 cm³/mol. The number of benzene rings is 1. The fraction of sp³-hybridized carbons (Fsp3) is 0.350. The second-order valence-corrected chi connectivity index (χ2v) is 5.93. The average molecular weight is 355 g/mol. The van der Waals surface area contributed by atoms with Gasteiger partial charge < -0.3 is 15.0 Å². The Hall–Kier alpha value is -2.89. The van der Waals surface area contributed by atoms with Gasteiger partial charge in [0.25, 0.3) is 5.91 Å². The number of rotatable bonds is 8. The second kappa shape index (κ2) is 9.56. The van der Waals surface area contributed by atoms with Crippen molar-refractivity contribution in [3.05, 3.63) is 53.7 Å². The van der Waals surface area contributed by atoms with E-state index in [2.05, 4.69) is 17.2 Å². The Morgan fingerprint density at radius 3 is 2.50 bits per heavy atom. The maximum Gasteiger partial charge on any atom is 0.338 e. The van der Waals surface area contributed by atoms with Gasteiger partial charge in [0.1, 0.15) is 5.82 Å². The Balaban J connectivity index is 2.04. The van der Waals surface area contributed by atoms with Gasteiger partial charge in [-0.1, -0.05) is 13.3 Å². The molecule has 0 spiro atoms. The van der Waals surface area contributed by atoms with E-state index in [1.54, 1.807) is 49.5 Å². The lowest BCUT2D eigenvalue weighted by molar-refractivity contribution is 0.0526. The Kier molecular flexibility index (Phi) is 7.14. The van der Waals surface area contributed by atoms with Crippen molar-refractivity contribution in [2.45, 2.75) is 26.7 Å². The fourth-order valence-corrected chi connectivity index (χ4v) is 2.39. The number of carbonyl (C=O) groups is 2. The van der Waals surface area contributed by atoms with Gasteiger partial charge in [-0.2, -0.15) is 0 Å². The summed E-state index contributed by atoms with van der Waals surface area (Å²) in [6.07, 6.45) is 3.81. The Morgan fingerprint density at radius 1 is 1.12 bits per heavy atom. The quantitative estimate of drug-likeness (QED) is 0.730. The number of hydrogen-bond donors (Lipinski definition) is 1. The number of carbonyl (C=O) groups excluding carboxylic acids is 2. The second-order valence-electron chi connectivity index (χ2n) is 5.93. The number of nitrogens with zero attached hydrogens (tertiary/aromatic N) is 2. The Morgan fingerprint density at radius 2 is 1.85 bits per heavy atom. The first kappa shape index (κ1) is 19.4. The van der Waals surface area contributed by atoms with E-state index in [0.29, 0.717) is 23.4 Å². The first-order valence-electron chi connectivity index (χ1n) is 8.80.